The highest BCUT2D eigenvalue weighted by Gasteiger charge is 2.42. The number of hydrogen-bond donors (Lipinski definition) is 2. The van der Waals surface area contributed by atoms with Gasteiger partial charge in [-0.25, -0.2) is 4.79 Å². The van der Waals surface area contributed by atoms with Crippen molar-refractivity contribution in [1.29, 1.82) is 0 Å². The van der Waals surface area contributed by atoms with E-state index in [1.165, 1.54) is 9.80 Å². The summed E-state index contributed by atoms with van der Waals surface area (Å²) in [6, 6.07) is 12.2. The molecule has 2 N–H and O–H groups in total. The van der Waals surface area contributed by atoms with Crippen molar-refractivity contribution in [1.82, 2.24) is 15.4 Å². The van der Waals surface area contributed by atoms with Gasteiger partial charge in [-0.2, -0.15) is 0 Å². The number of alkyl halides is 2. The Bertz CT molecular complexity index is 1550. The number of aliphatic hydroxyl groups is 1. The zero-order valence-electron chi connectivity index (χ0n) is 26.0. The van der Waals surface area contributed by atoms with E-state index < -0.39 is 46.5 Å². The maximum Gasteiger partial charge on any atom is 0.411 e. The second-order valence-corrected chi connectivity index (χ2v) is 14.3. The highest BCUT2D eigenvalue weighted by molar-refractivity contribution is 6.54. The van der Waals surface area contributed by atoms with Crippen molar-refractivity contribution in [3.8, 4) is 22.6 Å². The number of amides is 3. The molecule has 1 aromatic heterocycles. The van der Waals surface area contributed by atoms with Crippen molar-refractivity contribution in [3.05, 3.63) is 58.6 Å². The number of aliphatic hydroxyl groups excluding tert-OH is 1. The highest BCUT2D eigenvalue weighted by Crippen LogP contribution is 2.36. The molecule has 46 heavy (non-hydrogen) atoms. The first kappa shape index (κ1) is 35.8. The predicted octanol–water partition coefficient (Wildman–Crippen LogP) is 6.96. The Balaban J connectivity index is 1.59. The summed E-state index contributed by atoms with van der Waals surface area (Å²) in [7, 11) is 0. The zero-order valence-corrected chi connectivity index (χ0v) is 29.0. The second-order valence-electron chi connectivity index (χ2n) is 12.4. The maximum absolute atomic E-state index is 13.5. The molecule has 0 radical (unpaired) electrons. The van der Waals surface area contributed by atoms with Gasteiger partial charge in [-0.3, -0.25) is 14.5 Å². The summed E-state index contributed by atoms with van der Waals surface area (Å²) in [5, 5.41) is 18.2. The number of likely N-dealkylation sites (tertiary alicyclic amines) is 1. The summed E-state index contributed by atoms with van der Waals surface area (Å²) >= 11 is 24.9. The van der Waals surface area contributed by atoms with Crippen LogP contribution < -0.4 is 10.2 Å². The molecule has 1 fully saturated rings. The fourth-order valence-corrected chi connectivity index (χ4v) is 5.85. The molecular formula is C32H36Cl4N4O6. The topological polar surface area (TPSA) is 125 Å². The van der Waals surface area contributed by atoms with E-state index in [0.717, 1.165) is 0 Å². The number of carbonyl (C=O) groups is 3. The van der Waals surface area contributed by atoms with Crippen LogP contribution in [0.3, 0.4) is 0 Å². The summed E-state index contributed by atoms with van der Waals surface area (Å²) in [6.45, 7) is 8.89. The molecule has 3 atom stereocenters. The van der Waals surface area contributed by atoms with Gasteiger partial charge < -0.3 is 24.6 Å². The molecule has 3 amide bonds. The van der Waals surface area contributed by atoms with Crippen molar-refractivity contribution >= 4 is 70.0 Å². The van der Waals surface area contributed by atoms with Crippen LogP contribution >= 0.6 is 46.4 Å². The Hall–Kier alpha value is -3.02. The van der Waals surface area contributed by atoms with Crippen LogP contribution in [0.1, 0.15) is 41.0 Å². The molecule has 1 aliphatic rings. The number of benzene rings is 2. The Morgan fingerprint density at radius 2 is 1.76 bits per heavy atom. The third kappa shape index (κ3) is 8.66. The first-order chi connectivity index (χ1) is 21.6. The standard InChI is InChI=1S/C32H36Cl4N4O6/c1-17(2)24(37-29(42)25-13-20(41)15-40(25)31(44)45-32(3,4)5)16-39(30(43)28(35)36)19-9-6-8-18(12-19)26-14-23(38-46-26)27-21(33)10-7-11-22(27)34/h6-12,14,17,20,24-25,28,41H,13,15-16H2,1-5H3,(H,37,42)/t20?,24-,25?/m1/s1. The third-order valence-corrected chi connectivity index (χ3v) is 8.35. The van der Waals surface area contributed by atoms with Gasteiger partial charge in [0.05, 0.1) is 22.7 Å². The van der Waals surface area contributed by atoms with Crippen LogP contribution in [0.15, 0.2) is 53.1 Å². The van der Waals surface area contributed by atoms with Crippen molar-refractivity contribution in [2.75, 3.05) is 18.0 Å². The van der Waals surface area contributed by atoms with E-state index in [1.54, 1.807) is 69.3 Å². The third-order valence-electron chi connectivity index (χ3n) is 7.35. The number of carbonyl (C=O) groups excluding carboxylic acids is 3. The number of nitrogens with one attached hydrogen (secondary N) is 1. The lowest BCUT2D eigenvalue weighted by Gasteiger charge is -2.33. The van der Waals surface area contributed by atoms with E-state index in [4.69, 9.17) is 55.7 Å². The molecule has 3 aromatic rings. The molecule has 0 bridgehead atoms. The summed E-state index contributed by atoms with van der Waals surface area (Å²) < 4.78 is 11.1. The molecular weight excluding hydrogens is 678 g/mol. The molecule has 10 nitrogen and oxygen atoms in total. The molecule has 248 valence electrons. The zero-order chi connectivity index (χ0) is 33.9. The average molecular weight is 714 g/mol. The first-order valence-electron chi connectivity index (χ1n) is 14.6. The summed E-state index contributed by atoms with van der Waals surface area (Å²) in [5.41, 5.74) is 1.21. The Kier molecular flexibility index (Phi) is 11.5. The molecule has 1 aliphatic heterocycles. The number of hydrogen-bond acceptors (Lipinski definition) is 7. The largest absolute Gasteiger partial charge is 0.444 e. The Labute approximate surface area is 287 Å². The van der Waals surface area contributed by atoms with Crippen LogP contribution in [0.4, 0.5) is 10.5 Å². The molecule has 4 rings (SSSR count). The van der Waals surface area contributed by atoms with Crippen molar-refractivity contribution in [2.24, 2.45) is 5.92 Å². The molecule has 1 saturated heterocycles. The van der Waals surface area contributed by atoms with Crippen molar-refractivity contribution < 1.29 is 28.8 Å². The van der Waals surface area contributed by atoms with Crippen molar-refractivity contribution in [3.63, 3.8) is 0 Å². The quantitative estimate of drug-likeness (QED) is 0.230. The molecule has 2 unspecified atom stereocenters. The van der Waals surface area contributed by atoms with Crippen LogP contribution in [0, 0.1) is 5.92 Å². The summed E-state index contributed by atoms with van der Waals surface area (Å²) in [6.07, 6.45) is -1.54. The molecule has 0 saturated carbocycles. The van der Waals surface area contributed by atoms with Gasteiger partial charge in [0.2, 0.25) is 5.91 Å². The van der Waals surface area contributed by atoms with Gasteiger partial charge in [0, 0.05) is 41.9 Å². The van der Waals surface area contributed by atoms with E-state index in [2.05, 4.69) is 10.5 Å². The lowest BCUT2D eigenvalue weighted by molar-refractivity contribution is -0.126. The first-order valence-corrected chi connectivity index (χ1v) is 16.3. The Morgan fingerprint density at radius 1 is 1.11 bits per heavy atom. The average Bonchev–Trinajstić information content (AvgIpc) is 3.61. The normalized spacial score (nSPS) is 17.3. The smallest absolute Gasteiger partial charge is 0.411 e. The lowest BCUT2D eigenvalue weighted by atomic mass is 10.0. The van der Waals surface area contributed by atoms with Gasteiger partial charge in [-0.15, -0.1) is 0 Å². The van der Waals surface area contributed by atoms with Crippen LogP contribution in [0.25, 0.3) is 22.6 Å². The van der Waals surface area contributed by atoms with Crippen LogP contribution in [-0.4, -0.2) is 74.8 Å². The Morgan fingerprint density at radius 3 is 2.37 bits per heavy atom. The van der Waals surface area contributed by atoms with E-state index in [0.29, 0.717) is 38.3 Å². The fraction of sp³-hybridized carbons (Fsp3) is 0.438. The van der Waals surface area contributed by atoms with E-state index in [9.17, 15) is 19.5 Å². The van der Waals surface area contributed by atoms with Crippen LogP contribution in [-0.2, 0) is 14.3 Å². The number of rotatable bonds is 9. The number of anilines is 1. The maximum atomic E-state index is 13.5. The summed E-state index contributed by atoms with van der Waals surface area (Å²) in [5.74, 6) is -0.856. The van der Waals surface area contributed by atoms with Gasteiger partial charge in [0.1, 0.15) is 17.3 Å². The SMILES string of the molecule is CC(C)[C@@H](CN(C(=O)C(Cl)Cl)c1cccc(-c2cc(-c3c(Cl)cccc3Cl)no2)c1)NC(=O)C1CC(O)CN1C(=O)OC(C)(C)C. The van der Waals surface area contributed by atoms with E-state index in [-0.39, 0.29) is 25.4 Å². The summed E-state index contributed by atoms with van der Waals surface area (Å²) in [4.78, 5) is 41.0. The molecule has 14 heteroatoms. The van der Waals surface area contributed by atoms with E-state index in [1.807, 2.05) is 13.8 Å². The minimum absolute atomic E-state index is 0.000229. The van der Waals surface area contributed by atoms with Gasteiger partial charge in [0.25, 0.3) is 5.91 Å². The number of ether oxygens (including phenoxy) is 1. The molecule has 0 aliphatic carbocycles. The van der Waals surface area contributed by atoms with Gasteiger partial charge in [-0.1, -0.05) is 83.6 Å². The predicted molar refractivity (Wildman–Crippen MR) is 179 cm³/mol. The van der Waals surface area contributed by atoms with Gasteiger partial charge >= 0.3 is 6.09 Å². The van der Waals surface area contributed by atoms with Gasteiger partial charge in [-0.05, 0) is 51.0 Å². The fourth-order valence-electron chi connectivity index (χ4n) is 5.02. The minimum Gasteiger partial charge on any atom is -0.444 e. The molecule has 2 heterocycles. The molecule has 2 aromatic carbocycles. The van der Waals surface area contributed by atoms with Gasteiger partial charge in [0.15, 0.2) is 10.6 Å². The monoisotopic (exact) mass is 712 g/mol. The number of β-amino-alcohol motifs (C(OH)–C–C–N with tert-alkyl or cyclic N) is 1. The lowest BCUT2D eigenvalue weighted by Crippen LogP contribution is -2.54. The van der Waals surface area contributed by atoms with Crippen LogP contribution in [0.5, 0.6) is 0 Å². The highest BCUT2D eigenvalue weighted by atomic mass is 35.5. The van der Waals surface area contributed by atoms with Crippen molar-refractivity contribution in [2.45, 2.75) is 69.7 Å². The second kappa shape index (κ2) is 14.8. The van der Waals surface area contributed by atoms with E-state index >= 15 is 0 Å². The molecule has 0 spiro atoms. The number of nitrogens with zero attached hydrogens (tertiary/aromatic N) is 3. The minimum atomic E-state index is -1.39. The number of aromatic nitrogens is 1. The van der Waals surface area contributed by atoms with Crippen LogP contribution in [0.2, 0.25) is 10.0 Å². The number of halogens is 4.